The van der Waals surface area contributed by atoms with Crippen molar-refractivity contribution in [3.63, 3.8) is 0 Å². The van der Waals surface area contributed by atoms with Crippen molar-refractivity contribution in [1.82, 2.24) is 0 Å². The fourth-order valence-electron chi connectivity index (χ4n) is 2.70. The second-order valence-electron chi connectivity index (χ2n) is 6.10. The van der Waals surface area contributed by atoms with Crippen molar-refractivity contribution >= 4 is 17.3 Å². The first-order chi connectivity index (χ1) is 8.18. The Bertz CT molecular complexity index is 495. The van der Waals surface area contributed by atoms with Gasteiger partial charge in [0.2, 0.25) is 5.91 Å². The number of carbonyl (C=O) groups excluding carboxylic acids is 1. The smallest absolute Gasteiger partial charge is 0.228 e. The quantitative estimate of drug-likeness (QED) is 0.793. The van der Waals surface area contributed by atoms with E-state index in [4.69, 9.17) is 5.73 Å². The number of benzene rings is 1. The third-order valence-corrected chi connectivity index (χ3v) is 4.55. The molecule has 4 heteroatoms. The molecule has 18 heavy (non-hydrogen) atoms. The highest BCUT2D eigenvalue weighted by molar-refractivity contribution is 5.98. The van der Waals surface area contributed by atoms with Crippen LogP contribution < -0.4 is 11.1 Å². The van der Waals surface area contributed by atoms with Crippen LogP contribution in [0.15, 0.2) is 18.2 Å². The number of halogens is 1. The number of nitrogens with one attached hydrogen (secondary N) is 1. The van der Waals surface area contributed by atoms with Gasteiger partial charge in [-0.1, -0.05) is 27.7 Å². The van der Waals surface area contributed by atoms with Crippen LogP contribution >= 0.6 is 0 Å². The number of amides is 1. The molecule has 0 radical (unpaired) electrons. The molecule has 0 unspecified atom stereocenters. The van der Waals surface area contributed by atoms with Crippen molar-refractivity contribution < 1.29 is 9.18 Å². The van der Waals surface area contributed by atoms with Gasteiger partial charge in [-0.25, -0.2) is 4.39 Å². The van der Waals surface area contributed by atoms with Crippen LogP contribution in [-0.2, 0) is 4.79 Å². The van der Waals surface area contributed by atoms with Gasteiger partial charge in [-0.3, -0.25) is 4.79 Å². The van der Waals surface area contributed by atoms with Crippen molar-refractivity contribution in [1.29, 1.82) is 0 Å². The Labute approximate surface area is 107 Å². The Morgan fingerprint density at radius 1 is 1.28 bits per heavy atom. The van der Waals surface area contributed by atoms with Gasteiger partial charge < -0.3 is 11.1 Å². The summed E-state index contributed by atoms with van der Waals surface area (Å²) in [7, 11) is 0. The molecular weight excluding hydrogens is 231 g/mol. The second-order valence-corrected chi connectivity index (χ2v) is 6.10. The number of rotatable bonds is 2. The van der Waals surface area contributed by atoms with Crippen LogP contribution in [0.3, 0.4) is 0 Å². The van der Waals surface area contributed by atoms with Crippen LogP contribution in [0.25, 0.3) is 0 Å². The van der Waals surface area contributed by atoms with E-state index in [0.717, 1.165) is 0 Å². The van der Waals surface area contributed by atoms with Gasteiger partial charge in [0.25, 0.3) is 0 Å². The lowest BCUT2D eigenvalue weighted by Gasteiger charge is -2.09. The Morgan fingerprint density at radius 3 is 2.28 bits per heavy atom. The number of nitrogen functional groups attached to an aromatic ring is 1. The average Bonchev–Trinajstić information content (AvgIpc) is 2.62. The number of carbonyl (C=O) groups is 1. The van der Waals surface area contributed by atoms with Crippen LogP contribution in [0.2, 0.25) is 0 Å². The lowest BCUT2D eigenvalue weighted by atomic mass is 10.0. The van der Waals surface area contributed by atoms with Crippen molar-refractivity contribution in [2.45, 2.75) is 27.7 Å². The van der Waals surface area contributed by atoms with E-state index in [9.17, 15) is 9.18 Å². The third kappa shape index (κ3) is 1.76. The zero-order valence-corrected chi connectivity index (χ0v) is 11.2. The molecule has 1 amide bonds. The number of nitrogens with two attached hydrogens (primary N) is 1. The first kappa shape index (κ1) is 12.9. The zero-order chi connectivity index (χ0) is 13.7. The number of anilines is 2. The molecular formula is C14H19FN2O. The van der Waals surface area contributed by atoms with E-state index in [0.29, 0.717) is 5.69 Å². The van der Waals surface area contributed by atoms with Crippen molar-refractivity contribution in [2.24, 2.45) is 16.7 Å². The van der Waals surface area contributed by atoms with E-state index in [1.807, 2.05) is 0 Å². The summed E-state index contributed by atoms with van der Waals surface area (Å²) in [5.74, 6) is -0.504. The van der Waals surface area contributed by atoms with E-state index < -0.39 is 5.82 Å². The summed E-state index contributed by atoms with van der Waals surface area (Å²) in [5, 5.41) is 2.78. The minimum Gasteiger partial charge on any atom is -0.397 e. The average molecular weight is 250 g/mol. The Kier molecular flexibility index (Phi) is 2.65. The molecule has 1 saturated carbocycles. The summed E-state index contributed by atoms with van der Waals surface area (Å²) >= 11 is 0. The third-order valence-electron chi connectivity index (χ3n) is 4.55. The summed E-state index contributed by atoms with van der Waals surface area (Å²) in [6.07, 6.45) is 0. The molecule has 2 rings (SSSR count). The highest BCUT2D eigenvalue weighted by Gasteiger charge is 2.68. The molecule has 0 saturated heterocycles. The fraction of sp³-hybridized carbons (Fsp3) is 0.500. The van der Waals surface area contributed by atoms with Crippen LogP contribution in [0.5, 0.6) is 0 Å². The van der Waals surface area contributed by atoms with E-state index in [1.165, 1.54) is 18.2 Å². The first-order valence-corrected chi connectivity index (χ1v) is 6.04. The SMILES string of the molecule is CC1(C)C(C(=O)Nc2ccc(F)cc2N)C1(C)C. The van der Waals surface area contributed by atoms with Crippen LogP contribution in [0.4, 0.5) is 15.8 Å². The highest BCUT2D eigenvalue weighted by Crippen LogP contribution is 2.68. The molecule has 3 nitrogen and oxygen atoms in total. The van der Waals surface area contributed by atoms with Gasteiger partial charge in [0.15, 0.2) is 0 Å². The van der Waals surface area contributed by atoms with Gasteiger partial charge >= 0.3 is 0 Å². The second kappa shape index (κ2) is 3.70. The molecule has 1 aromatic carbocycles. The predicted molar refractivity (Wildman–Crippen MR) is 70.5 cm³/mol. The fourth-order valence-corrected chi connectivity index (χ4v) is 2.70. The number of hydrogen-bond acceptors (Lipinski definition) is 2. The molecule has 0 aromatic heterocycles. The van der Waals surface area contributed by atoms with Gasteiger partial charge in [-0.2, -0.15) is 0 Å². The molecule has 1 aliphatic rings. The summed E-state index contributed by atoms with van der Waals surface area (Å²) in [6, 6.07) is 3.99. The molecule has 0 aliphatic heterocycles. The van der Waals surface area contributed by atoms with Gasteiger partial charge in [-0.15, -0.1) is 0 Å². The largest absolute Gasteiger partial charge is 0.397 e. The summed E-state index contributed by atoms with van der Waals surface area (Å²) in [6.45, 7) is 8.30. The zero-order valence-electron chi connectivity index (χ0n) is 11.2. The molecule has 1 aliphatic carbocycles. The van der Waals surface area contributed by atoms with Gasteiger partial charge in [0.1, 0.15) is 5.82 Å². The maximum absolute atomic E-state index is 12.9. The maximum Gasteiger partial charge on any atom is 0.228 e. The maximum atomic E-state index is 12.9. The van der Waals surface area contributed by atoms with Crippen molar-refractivity contribution in [3.05, 3.63) is 24.0 Å². The lowest BCUT2D eigenvalue weighted by molar-refractivity contribution is -0.118. The highest BCUT2D eigenvalue weighted by atomic mass is 19.1. The van der Waals surface area contributed by atoms with E-state index in [2.05, 4.69) is 33.0 Å². The minimum absolute atomic E-state index is 0.0219. The molecule has 1 fully saturated rings. The van der Waals surface area contributed by atoms with Crippen LogP contribution in [-0.4, -0.2) is 5.91 Å². The Morgan fingerprint density at radius 2 is 1.83 bits per heavy atom. The van der Waals surface area contributed by atoms with Gasteiger partial charge in [0.05, 0.1) is 11.4 Å². The van der Waals surface area contributed by atoms with E-state index >= 15 is 0 Å². The predicted octanol–water partition coefficient (Wildman–Crippen LogP) is 3.03. The van der Waals surface area contributed by atoms with Gasteiger partial charge in [-0.05, 0) is 29.0 Å². The molecule has 98 valence electrons. The molecule has 0 heterocycles. The van der Waals surface area contributed by atoms with Crippen LogP contribution in [0.1, 0.15) is 27.7 Å². The first-order valence-electron chi connectivity index (χ1n) is 6.04. The lowest BCUT2D eigenvalue weighted by Crippen LogP contribution is -2.18. The topological polar surface area (TPSA) is 55.1 Å². The normalized spacial score (nSPS) is 20.5. The van der Waals surface area contributed by atoms with Crippen LogP contribution in [0, 0.1) is 22.6 Å². The number of hydrogen-bond donors (Lipinski definition) is 2. The molecule has 1 aromatic rings. The molecule has 0 atom stereocenters. The molecule has 3 N–H and O–H groups in total. The summed E-state index contributed by atoms with van der Waals surface area (Å²) in [5.41, 5.74) is 6.35. The monoisotopic (exact) mass is 250 g/mol. The van der Waals surface area contributed by atoms with Crippen molar-refractivity contribution in [3.8, 4) is 0 Å². The van der Waals surface area contributed by atoms with E-state index in [-0.39, 0.29) is 28.3 Å². The van der Waals surface area contributed by atoms with E-state index in [1.54, 1.807) is 0 Å². The molecule has 0 bridgehead atoms. The standard InChI is InChI=1S/C14H19FN2O/c1-13(2)11(14(13,3)4)12(18)17-10-6-5-8(15)7-9(10)16/h5-7,11H,16H2,1-4H3,(H,17,18). The summed E-state index contributed by atoms with van der Waals surface area (Å²) < 4.78 is 12.9. The minimum atomic E-state index is -0.405. The van der Waals surface area contributed by atoms with Crippen molar-refractivity contribution in [2.75, 3.05) is 11.1 Å². The Hall–Kier alpha value is -1.58. The Balaban J connectivity index is 2.14. The van der Waals surface area contributed by atoms with Gasteiger partial charge in [0, 0.05) is 5.92 Å². The summed E-state index contributed by atoms with van der Waals surface area (Å²) in [4.78, 5) is 12.2. The molecule has 0 spiro atoms.